The van der Waals surface area contributed by atoms with Crippen molar-refractivity contribution in [3.8, 4) is 11.1 Å². The van der Waals surface area contributed by atoms with Gasteiger partial charge in [0.25, 0.3) is 0 Å². The second kappa shape index (κ2) is 5.48. The lowest BCUT2D eigenvalue weighted by atomic mass is 9.99. The molecule has 1 heterocycles. The number of ether oxygens (including phenoxy) is 1. The maximum Gasteiger partial charge on any atom is 0.337 e. The van der Waals surface area contributed by atoms with Gasteiger partial charge < -0.3 is 9.84 Å². The molecule has 0 aliphatic rings. The number of rotatable bonds is 3. The number of halogens is 1. The first-order valence-electron chi connectivity index (χ1n) is 5.59. The normalized spacial score (nSPS) is 10.1. The Hall–Kier alpha value is -2.76. The molecule has 0 saturated heterocycles. The van der Waals surface area contributed by atoms with Crippen LogP contribution in [0.3, 0.4) is 0 Å². The topological polar surface area (TPSA) is 76.5 Å². The van der Waals surface area contributed by atoms with Gasteiger partial charge >= 0.3 is 11.9 Å². The Balaban J connectivity index is 2.61. The first-order valence-corrected chi connectivity index (χ1v) is 5.59. The van der Waals surface area contributed by atoms with Gasteiger partial charge in [0.15, 0.2) is 0 Å². The van der Waals surface area contributed by atoms with E-state index in [4.69, 9.17) is 5.11 Å². The number of aromatic nitrogens is 1. The zero-order valence-electron chi connectivity index (χ0n) is 10.5. The van der Waals surface area contributed by atoms with E-state index in [1.165, 1.54) is 31.6 Å². The molecule has 1 aromatic carbocycles. The van der Waals surface area contributed by atoms with Crippen molar-refractivity contribution in [2.45, 2.75) is 0 Å². The molecular weight excluding hydrogens is 265 g/mol. The van der Waals surface area contributed by atoms with Gasteiger partial charge in [-0.3, -0.25) is 4.98 Å². The maximum absolute atomic E-state index is 13.6. The summed E-state index contributed by atoms with van der Waals surface area (Å²) >= 11 is 0. The van der Waals surface area contributed by atoms with Gasteiger partial charge in [0, 0.05) is 12.4 Å². The summed E-state index contributed by atoms with van der Waals surface area (Å²) in [5, 5.41) is 9.10. The van der Waals surface area contributed by atoms with Gasteiger partial charge in [0.05, 0.1) is 18.2 Å². The number of carbonyl (C=O) groups is 2. The smallest absolute Gasteiger partial charge is 0.337 e. The summed E-state index contributed by atoms with van der Waals surface area (Å²) in [6.45, 7) is 0. The van der Waals surface area contributed by atoms with Crippen LogP contribution in [0.4, 0.5) is 4.39 Å². The zero-order valence-corrected chi connectivity index (χ0v) is 10.5. The van der Waals surface area contributed by atoms with E-state index in [-0.39, 0.29) is 22.3 Å². The highest BCUT2D eigenvalue weighted by atomic mass is 19.1. The van der Waals surface area contributed by atoms with E-state index in [1.807, 2.05) is 0 Å². The van der Waals surface area contributed by atoms with E-state index >= 15 is 0 Å². The summed E-state index contributed by atoms with van der Waals surface area (Å²) in [5.41, 5.74) is 0.479. The van der Waals surface area contributed by atoms with Crippen molar-refractivity contribution in [2.75, 3.05) is 7.11 Å². The second-order valence-electron chi connectivity index (χ2n) is 3.95. The lowest BCUT2D eigenvalue weighted by molar-refractivity contribution is 0.0599. The first-order chi connectivity index (χ1) is 9.52. The molecule has 5 nitrogen and oxygen atoms in total. The molecule has 0 fully saturated rings. The van der Waals surface area contributed by atoms with Gasteiger partial charge in [-0.2, -0.15) is 0 Å². The number of carbonyl (C=O) groups excluding carboxylic acids is 1. The first kappa shape index (κ1) is 13.7. The van der Waals surface area contributed by atoms with Gasteiger partial charge in [0.2, 0.25) is 0 Å². The average Bonchev–Trinajstić information content (AvgIpc) is 2.45. The summed E-state index contributed by atoms with van der Waals surface area (Å²) in [4.78, 5) is 26.3. The number of hydrogen-bond acceptors (Lipinski definition) is 4. The van der Waals surface area contributed by atoms with E-state index in [0.717, 1.165) is 12.1 Å². The van der Waals surface area contributed by atoms with Crippen LogP contribution in [0, 0.1) is 5.82 Å². The fourth-order valence-corrected chi connectivity index (χ4v) is 1.80. The van der Waals surface area contributed by atoms with Crippen molar-refractivity contribution >= 4 is 11.9 Å². The number of aromatic carboxylic acids is 1. The molecule has 2 rings (SSSR count). The average molecular weight is 275 g/mol. The van der Waals surface area contributed by atoms with Gasteiger partial charge in [0.1, 0.15) is 5.82 Å². The molecular formula is C14H10FNO4. The standard InChI is InChI=1S/C14H10FNO4/c1-20-14(19)9-4-8(5-10(15)6-9)11-2-3-16-7-12(11)13(17)18/h2-7H,1H3,(H,17,18). The molecule has 0 unspecified atom stereocenters. The molecule has 0 radical (unpaired) electrons. The predicted molar refractivity (Wildman–Crippen MR) is 67.9 cm³/mol. The molecule has 0 spiro atoms. The summed E-state index contributed by atoms with van der Waals surface area (Å²) < 4.78 is 18.1. The third-order valence-electron chi connectivity index (χ3n) is 2.68. The zero-order chi connectivity index (χ0) is 14.7. The van der Waals surface area contributed by atoms with Crippen molar-refractivity contribution in [3.05, 3.63) is 53.6 Å². The van der Waals surface area contributed by atoms with E-state index in [0.29, 0.717) is 0 Å². The summed E-state index contributed by atoms with van der Waals surface area (Å²) in [6.07, 6.45) is 2.56. The highest BCUT2D eigenvalue weighted by Crippen LogP contribution is 2.25. The number of methoxy groups -OCH3 is 1. The number of nitrogens with zero attached hydrogens (tertiary/aromatic N) is 1. The Morgan fingerprint density at radius 1 is 1.30 bits per heavy atom. The minimum Gasteiger partial charge on any atom is -0.478 e. The van der Waals surface area contributed by atoms with E-state index < -0.39 is 17.8 Å². The Bertz CT molecular complexity index is 685. The number of hydrogen-bond donors (Lipinski definition) is 1. The third kappa shape index (κ3) is 2.64. The van der Waals surface area contributed by atoms with Crippen LogP contribution in [0.25, 0.3) is 11.1 Å². The fraction of sp³-hybridized carbons (Fsp3) is 0.0714. The van der Waals surface area contributed by atoms with Gasteiger partial charge in [-0.05, 0) is 35.4 Å². The van der Waals surface area contributed by atoms with Crippen LogP contribution >= 0.6 is 0 Å². The molecule has 0 bridgehead atoms. The van der Waals surface area contributed by atoms with Gasteiger partial charge in [-0.1, -0.05) is 0 Å². The molecule has 1 aromatic heterocycles. The minimum absolute atomic E-state index is 0.00986. The van der Waals surface area contributed by atoms with Crippen molar-refractivity contribution in [1.82, 2.24) is 4.98 Å². The van der Waals surface area contributed by atoms with E-state index in [9.17, 15) is 14.0 Å². The van der Waals surface area contributed by atoms with Crippen LogP contribution in [0.1, 0.15) is 20.7 Å². The maximum atomic E-state index is 13.6. The molecule has 2 aromatic rings. The molecule has 0 amide bonds. The third-order valence-corrected chi connectivity index (χ3v) is 2.68. The molecule has 0 atom stereocenters. The second-order valence-corrected chi connectivity index (χ2v) is 3.95. The van der Waals surface area contributed by atoms with Crippen molar-refractivity contribution in [3.63, 3.8) is 0 Å². The van der Waals surface area contributed by atoms with Crippen LogP contribution in [0.5, 0.6) is 0 Å². The Labute approximate surface area is 113 Å². The number of esters is 1. The van der Waals surface area contributed by atoms with Gasteiger partial charge in [-0.25, -0.2) is 14.0 Å². The van der Waals surface area contributed by atoms with Crippen LogP contribution in [-0.4, -0.2) is 29.1 Å². The number of benzene rings is 1. The van der Waals surface area contributed by atoms with Crippen molar-refractivity contribution in [2.24, 2.45) is 0 Å². The molecule has 6 heteroatoms. The SMILES string of the molecule is COC(=O)c1cc(F)cc(-c2ccncc2C(=O)O)c1. The van der Waals surface area contributed by atoms with Crippen LogP contribution < -0.4 is 0 Å². The highest BCUT2D eigenvalue weighted by Gasteiger charge is 2.15. The van der Waals surface area contributed by atoms with Gasteiger partial charge in [-0.15, -0.1) is 0 Å². The number of carboxylic acids is 1. The molecule has 20 heavy (non-hydrogen) atoms. The van der Waals surface area contributed by atoms with Crippen molar-refractivity contribution < 1.29 is 23.8 Å². The largest absolute Gasteiger partial charge is 0.478 e. The van der Waals surface area contributed by atoms with Crippen LogP contribution in [0.15, 0.2) is 36.7 Å². The summed E-state index contributed by atoms with van der Waals surface area (Å²) in [5.74, 6) is -2.54. The number of carboxylic acid groups (broad SMARTS) is 1. The quantitative estimate of drug-likeness (QED) is 0.870. The fourth-order valence-electron chi connectivity index (χ4n) is 1.80. The van der Waals surface area contributed by atoms with E-state index in [2.05, 4.69) is 9.72 Å². The molecule has 0 saturated carbocycles. The van der Waals surface area contributed by atoms with Crippen LogP contribution in [-0.2, 0) is 4.74 Å². The Kier molecular flexibility index (Phi) is 3.74. The lowest BCUT2D eigenvalue weighted by Crippen LogP contribution is -2.04. The minimum atomic E-state index is -1.18. The monoisotopic (exact) mass is 275 g/mol. The number of pyridine rings is 1. The van der Waals surface area contributed by atoms with E-state index in [1.54, 1.807) is 0 Å². The Morgan fingerprint density at radius 3 is 2.70 bits per heavy atom. The Morgan fingerprint density at radius 2 is 2.05 bits per heavy atom. The molecule has 0 aliphatic carbocycles. The van der Waals surface area contributed by atoms with Crippen molar-refractivity contribution in [1.29, 1.82) is 0 Å². The molecule has 0 aliphatic heterocycles. The predicted octanol–water partition coefficient (Wildman–Crippen LogP) is 2.37. The molecule has 1 N–H and O–H groups in total. The lowest BCUT2D eigenvalue weighted by Gasteiger charge is -2.08. The summed E-state index contributed by atoms with van der Waals surface area (Å²) in [6, 6.07) is 4.99. The van der Waals surface area contributed by atoms with Crippen LogP contribution in [0.2, 0.25) is 0 Å². The summed E-state index contributed by atoms with van der Waals surface area (Å²) in [7, 11) is 1.18. The molecule has 102 valence electrons. The highest BCUT2D eigenvalue weighted by molar-refractivity contribution is 5.97.